The van der Waals surface area contributed by atoms with Gasteiger partial charge >= 0.3 is 5.17 Å². The maximum atomic E-state index is 11.6. The number of nitrogens with zero attached hydrogens (tertiary/aromatic N) is 2. The van der Waals surface area contributed by atoms with Gasteiger partial charge in [0.2, 0.25) is 0 Å². The van der Waals surface area contributed by atoms with Crippen LogP contribution in [0, 0.1) is 0 Å². The van der Waals surface area contributed by atoms with Crippen LogP contribution in [0.1, 0.15) is 5.56 Å². The molecular formula is C19H21N2O3S+. The summed E-state index contributed by atoms with van der Waals surface area (Å²) in [5.74, 6) is 2.25. The fourth-order valence-corrected chi connectivity index (χ4v) is 4.66. The van der Waals surface area contributed by atoms with E-state index in [1.165, 1.54) is 0 Å². The number of thioether (sulfide) groups is 1. The standard InChI is InChI=1S/C19H21N2O3S/c1-23-16-9-8-14(12-17(16)24-2)19(22)13-20(15-6-4-3-5-7-15)18-21(19)10-11-25-18/h3-9,12,22H,10-11,13H2,1-2H3/q+1. The molecular weight excluding hydrogens is 336 g/mol. The first-order valence-corrected chi connectivity index (χ1v) is 9.21. The minimum atomic E-state index is -1.09. The van der Waals surface area contributed by atoms with E-state index in [0.29, 0.717) is 18.0 Å². The summed E-state index contributed by atoms with van der Waals surface area (Å²) in [7, 11) is 3.22. The van der Waals surface area contributed by atoms with Crippen molar-refractivity contribution < 1.29 is 19.2 Å². The van der Waals surface area contributed by atoms with E-state index in [1.807, 2.05) is 36.4 Å². The van der Waals surface area contributed by atoms with E-state index < -0.39 is 5.72 Å². The Bertz CT molecular complexity index is 825. The molecule has 0 aliphatic carbocycles. The summed E-state index contributed by atoms with van der Waals surface area (Å²) in [6.07, 6.45) is 0. The zero-order chi connectivity index (χ0) is 17.4. The third-order valence-corrected chi connectivity index (χ3v) is 5.83. The Morgan fingerprint density at radius 1 is 1.08 bits per heavy atom. The zero-order valence-corrected chi connectivity index (χ0v) is 15.1. The van der Waals surface area contributed by atoms with Gasteiger partial charge in [-0.25, -0.2) is 9.48 Å². The van der Waals surface area contributed by atoms with E-state index in [-0.39, 0.29) is 0 Å². The Labute approximate surface area is 151 Å². The molecule has 0 bridgehead atoms. The molecule has 0 saturated carbocycles. The summed E-state index contributed by atoms with van der Waals surface area (Å²) in [5, 5.41) is 12.7. The molecule has 25 heavy (non-hydrogen) atoms. The molecule has 0 fully saturated rings. The van der Waals surface area contributed by atoms with E-state index in [2.05, 4.69) is 21.6 Å². The van der Waals surface area contributed by atoms with E-state index in [1.54, 1.807) is 26.0 Å². The predicted octanol–water partition coefficient (Wildman–Crippen LogP) is 2.48. The summed E-state index contributed by atoms with van der Waals surface area (Å²) >= 11 is 1.78. The second-order valence-electron chi connectivity index (χ2n) is 6.09. The van der Waals surface area contributed by atoms with E-state index in [0.717, 1.165) is 28.7 Å². The van der Waals surface area contributed by atoms with Gasteiger partial charge in [0.25, 0.3) is 5.72 Å². The lowest BCUT2D eigenvalue weighted by atomic mass is 10.0. The molecule has 0 aromatic heterocycles. The van der Waals surface area contributed by atoms with Crippen LogP contribution >= 0.6 is 11.8 Å². The quantitative estimate of drug-likeness (QED) is 0.852. The molecule has 2 aliphatic rings. The highest BCUT2D eigenvalue weighted by atomic mass is 32.2. The highest BCUT2D eigenvalue weighted by molar-refractivity contribution is 8.14. The molecule has 0 amide bonds. The lowest BCUT2D eigenvalue weighted by molar-refractivity contribution is -0.650. The molecule has 1 N–H and O–H groups in total. The van der Waals surface area contributed by atoms with Crippen molar-refractivity contribution in [1.82, 2.24) is 0 Å². The number of ether oxygens (including phenoxy) is 2. The van der Waals surface area contributed by atoms with Gasteiger partial charge in [-0.2, -0.15) is 0 Å². The highest BCUT2D eigenvalue weighted by Crippen LogP contribution is 2.40. The van der Waals surface area contributed by atoms with E-state index in [9.17, 15) is 5.11 Å². The third kappa shape index (κ3) is 2.56. The maximum absolute atomic E-state index is 11.6. The van der Waals surface area contributed by atoms with Gasteiger partial charge in [0, 0.05) is 11.3 Å². The Hall–Kier alpha value is -2.18. The summed E-state index contributed by atoms with van der Waals surface area (Å²) in [6.45, 7) is 1.29. The van der Waals surface area contributed by atoms with Crippen LogP contribution in [0.3, 0.4) is 0 Å². The summed E-state index contributed by atoms with van der Waals surface area (Å²) in [5.41, 5.74) is 0.811. The number of hydrogen-bond acceptors (Lipinski definition) is 5. The van der Waals surface area contributed by atoms with Gasteiger partial charge in [-0.05, 0) is 42.1 Å². The smallest absolute Gasteiger partial charge is 0.316 e. The fraction of sp³-hybridized carbons (Fsp3) is 0.316. The van der Waals surface area contributed by atoms with Gasteiger partial charge in [-0.15, -0.1) is 0 Å². The molecule has 2 aliphatic heterocycles. The Kier molecular flexibility index (Phi) is 4.09. The molecule has 0 saturated heterocycles. The lowest BCUT2D eigenvalue weighted by Crippen LogP contribution is -2.41. The van der Waals surface area contributed by atoms with Gasteiger partial charge in [-0.1, -0.05) is 18.2 Å². The van der Waals surface area contributed by atoms with Crippen molar-refractivity contribution in [3.8, 4) is 11.5 Å². The van der Waals surface area contributed by atoms with Crippen LogP contribution in [-0.4, -0.2) is 47.9 Å². The molecule has 1 atom stereocenters. The van der Waals surface area contributed by atoms with Crippen LogP contribution in [-0.2, 0) is 5.72 Å². The number of amidine groups is 1. The van der Waals surface area contributed by atoms with Gasteiger partial charge in [0.15, 0.2) is 18.0 Å². The van der Waals surface area contributed by atoms with Crippen molar-refractivity contribution in [2.45, 2.75) is 5.72 Å². The molecule has 5 nitrogen and oxygen atoms in total. The second kappa shape index (κ2) is 6.28. The molecule has 2 aromatic carbocycles. The monoisotopic (exact) mass is 357 g/mol. The van der Waals surface area contributed by atoms with Crippen molar-refractivity contribution >= 4 is 22.6 Å². The molecule has 6 heteroatoms. The maximum Gasteiger partial charge on any atom is 0.316 e. The van der Waals surface area contributed by atoms with Crippen LogP contribution in [0.25, 0.3) is 0 Å². The SMILES string of the molecule is COc1ccc(C2(O)CN(c3ccccc3)C3=[N+]2CCS3)cc1OC. The number of benzene rings is 2. The number of anilines is 1. The first kappa shape index (κ1) is 16.3. The van der Waals surface area contributed by atoms with Crippen molar-refractivity contribution in [2.75, 3.05) is 38.0 Å². The lowest BCUT2D eigenvalue weighted by Gasteiger charge is -2.23. The predicted molar refractivity (Wildman–Crippen MR) is 99.8 cm³/mol. The van der Waals surface area contributed by atoms with Crippen molar-refractivity contribution in [2.24, 2.45) is 0 Å². The van der Waals surface area contributed by atoms with Gasteiger partial charge in [0.1, 0.15) is 5.69 Å². The highest BCUT2D eigenvalue weighted by Gasteiger charge is 2.54. The zero-order valence-electron chi connectivity index (χ0n) is 14.3. The minimum Gasteiger partial charge on any atom is -0.493 e. The van der Waals surface area contributed by atoms with Gasteiger partial charge < -0.3 is 14.6 Å². The third-order valence-electron chi connectivity index (χ3n) is 4.75. The van der Waals surface area contributed by atoms with Crippen molar-refractivity contribution in [3.05, 3.63) is 54.1 Å². The first-order valence-electron chi connectivity index (χ1n) is 8.22. The summed E-state index contributed by atoms with van der Waals surface area (Å²) < 4.78 is 12.8. The molecule has 130 valence electrons. The number of β-amino-alcohol motifs (C(OH)–C–C–N with tert-alkyl or cyclic N) is 1. The molecule has 1 unspecified atom stereocenters. The molecule has 4 rings (SSSR count). The van der Waals surface area contributed by atoms with Gasteiger partial charge in [0.05, 0.1) is 20.8 Å². The van der Waals surface area contributed by atoms with Crippen LogP contribution < -0.4 is 14.4 Å². The fourth-order valence-electron chi connectivity index (χ4n) is 3.48. The number of hydrogen-bond donors (Lipinski definition) is 1. The topological polar surface area (TPSA) is 44.9 Å². The average Bonchev–Trinajstić information content (AvgIpc) is 3.25. The average molecular weight is 357 g/mol. The summed E-state index contributed by atoms with van der Waals surface area (Å²) in [6, 6.07) is 15.8. The molecule has 0 spiro atoms. The van der Waals surface area contributed by atoms with Crippen LogP contribution in [0.15, 0.2) is 48.5 Å². The normalized spacial score (nSPS) is 22.3. The molecule has 2 aromatic rings. The largest absolute Gasteiger partial charge is 0.493 e. The number of rotatable bonds is 4. The van der Waals surface area contributed by atoms with Crippen molar-refractivity contribution in [3.63, 3.8) is 0 Å². The Morgan fingerprint density at radius 2 is 1.84 bits per heavy atom. The van der Waals surface area contributed by atoms with Crippen LogP contribution in [0.4, 0.5) is 5.69 Å². The molecule has 0 radical (unpaired) electrons. The minimum absolute atomic E-state index is 0.481. The Morgan fingerprint density at radius 3 is 2.56 bits per heavy atom. The van der Waals surface area contributed by atoms with E-state index in [4.69, 9.17) is 9.47 Å². The van der Waals surface area contributed by atoms with Crippen molar-refractivity contribution in [1.29, 1.82) is 0 Å². The van der Waals surface area contributed by atoms with Gasteiger partial charge in [-0.3, -0.25) is 0 Å². The number of aliphatic hydroxyl groups is 1. The Balaban J connectivity index is 1.77. The number of para-hydroxylation sites is 1. The first-order chi connectivity index (χ1) is 12.2. The number of methoxy groups -OCH3 is 2. The van der Waals surface area contributed by atoms with Crippen LogP contribution in [0.5, 0.6) is 11.5 Å². The van der Waals surface area contributed by atoms with E-state index >= 15 is 0 Å². The van der Waals surface area contributed by atoms with Crippen LogP contribution in [0.2, 0.25) is 0 Å². The molecule has 2 heterocycles. The second-order valence-corrected chi connectivity index (χ2v) is 7.15. The summed E-state index contributed by atoms with van der Waals surface area (Å²) in [4.78, 5) is 2.19.